The Labute approximate surface area is 408 Å². The van der Waals surface area contributed by atoms with Gasteiger partial charge in [0.2, 0.25) is 53.2 Å². The van der Waals surface area contributed by atoms with Crippen LogP contribution in [-0.2, 0) is 68.7 Å². The zero-order valence-electron chi connectivity index (χ0n) is 38.8. The summed E-state index contributed by atoms with van der Waals surface area (Å²) < 4.78 is 0. The number of carbonyl (C=O) groups is 13. The Morgan fingerprint density at radius 2 is 1.10 bits per heavy atom. The lowest BCUT2D eigenvalue weighted by atomic mass is 10.1. The number of aromatic nitrogens is 2. The molecule has 1 rings (SSSR count). The van der Waals surface area contributed by atoms with E-state index in [1.165, 1.54) is 12.5 Å². The second-order valence-corrected chi connectivity index (χ2v) is 15.8. The molecule has 0 bridgehead atoms. The molecule has 400 valence electrons. The number of carboxylic acid groups (broad SMARTS) is 4. The van der Waals surface area contributed by atoms with Crippen molar-refractivity contribution in [1.29, 1.82) is 0 Å². The van der Waals surface area contributed by atoms with Gasteiger partial charge >= 0.3 is 23.9 Å². The first-order valence-corrected chi connectivity index (χ1v) is 21.8. The number of aliphatic imine (C=N–C) groups is 1. The Hall–Kier alpha value is -8.49. The lowest BCUT2D eigenvalue weighted by Gasteiger charge is -2.26. The number of H-pyrrole nitrogens is 1. The van der Waals surface area contributed by atoms with E-state index in [0.717, 1.165) is 6.92 Å². The fraction of sp³-hybridized carbons (Fsp3) is 0.564. The highest BCUT2D eigenvalue weighted by Gasteiger charge is 2.35. The number of amides is 9. The van der Waals surface area contributed by atoms with E-state index in [1.807, 2.05) is 0 Å². The van der Waals surface area contributed by atoms with Crippen LogP contribution < -0.4 is 71.2 Å². The molecular formula is C39H62N16O17. The van der Waals surface area contributed by atoms with Crippen LogP contribution in [0.3, 0.4) is 0 Å². The zero-order valence-corrected chi connectivity index (χ0v) is 38.8. The predicted molar refractivity (Wildman–Crippen MR) is 243 cm³/mol. The molecule has 0 unspecified atom stereocenters. The molecule has 9 amide bonds. The molecule has 0 aliphatic carbocycles. The van der Waals surface area contributed by atoms with Crippen LogP contribution in [0.5, 0.6) is 0 Å². The quantitative estimate of drug-likeness (QED) is 0.0171. The van der Waals surface area contributed by atoms with E-state index in [0.29, 0.717) is 6.42 Å². The summed E-state index contributed by atoms with van der Waals surface area (Å²) in [6.45, 7) is 0.402. The SMILES string of the molecule is C[C@H](NC(=O)[C@H](CC(=O)O)NC(=O)[C@H](CCCCN)NC(=O)[C@@H](N)CC(=O)O)C(=O)N[C@@H](CC(=O)O)C(=O)N[C@@H](Cc1cnc[nH]1)C(=O)N[C@@H](CC(N)=O)C(=O)NCC(=O)N[C@@H](CCCN=C(N)N)C(=O)O. The molecule has 33 nitrogen and oxygen atoms in total. The van der Waals surface area contributed by atoms with Crippen LogP contribution in [0.25, 0.3) is 0 Å². The number of nitrogens with zero attached hydrogens (tertiary/aromatic N) is 2. The molecule has 8 atom stereocenters. The smallest absolute Gasteiger partial charge is 0.326 e. The summed E-state index contributed by atoms with van der Waals surface area (Å²) in [4.78, 5) is 174. The predicted octanol–water partition coefficient (Wildman–Crippen LogP) is -8.62. The Morgan fingerprint density at radius 1 is 0.597 bits per heavy atom. The molecule has 0 aliphatic rings. The molecule has 72 heavy (non-hydrogen) atoms. The first-order chi connectivity index (χ1) is 33.7. The highest BCUT2D eigenvalue weighted by atomic mass is 16.4. The molecule has 0 radical (unpaired) electrons. The fourth-order valence-electron chi connectivity index (χ4n) is 6.12. The molecule has 1 heterocycles. The van der Waals surface area contributed by atoms with Crippen LogP contribution in [0.2, 0.25) is 0 Å². The van der Waals surface area contributed by atoms with Crippen LogP contribution in [0.4, 0.5) is 0 Å². The van der Waals surface area contributed by atoms with Gasteiger partial charge in [-0.05, 0) is 45.6 Å². The molecule has 1 aromatic rings. The van der Waals surface area contributed by atoms with Crippen LogP contribution in [-0.4, -0.2) is 181 Å². The van der Waals surface area contributed by atoms with Gasteiger partial charge in [0.25, 0.3) is 0 Å². The first kappa shape index (κ1) is 61.5. The zero-order chi connectivity index (χ0) is 54.7. The van der Waals surface area contributed by atoms with E-state index in [2.05, 4.69) is 57.5 Å². The third-order valence-corrected chi connectivity index (χ3v) is 9.74. The molecule has 23 N–H and O–H groups in total. The lowest BCUT2D eigenvalue weighted by Crippen LogP contribution is -2.60. The number of hydrogen-bond acceptors (Lipinski definition) is 17. The third-order valence-electron chi connectivity index (χ3n) is 9.74. The number of nitrogens with two attached hydrogens (primary N) is 5. The molecule has 0 fully saturated rings. The van der Waals surface area contributed by atoms with Crippen molar-refractivity contribution in [3.63, 3.8) is 0 Å². The van der Waals surface area contributed by atoms with Gasteiger partial charge in [-0.2, -0.15) is 0 Å². The van der Waals surface area contributed by atoms with Crippen LogP contribution in [0.1, 0.15) is 70.4 Å². The van der Waals surface area contributed by atoms with Crippen molar-refractivity contribution in [3.05, 3.63) is 18.2 Å². The Bertz CT molecular complexity index is 2140. The summed E-state index contributed by atoms with van der Waals surface area (Å²) >= 11 is 0. The maximum Gasteiger partial charge on any atom is 0.326 e. The average Bonchev–Trinajstić information content (AvgIpc) is 3.80. The van der Waals surface area contributed by atoms with Gasteiger partial charge in [0.05, 0.1) is 44.6 Å². The standard InChI is InChI=1S/C39H62N16O17/c1-17(49-35(68)24(12-29(60)61)55-34(67)20(5-2-3-7-40)51-32(65)19(41)10-28(58)59)31(64)52-25(13-30(62)63)37(70)53-22(9-18-14-45-16-48-18)36(69)54-23(11-26(42)56)33(66)47-15-27(57)50-21(38(71)72)6-4-8-46-39(43)44/h14,16-17,19-25H,2-13,15,40-41H2,1H3,(H2,42,56)(H,45,48)(H,47,66)(H,49,68)(H,50,57)(H,51,65)(H,52,64)(H,53,70)(H,54,69)(H,55,67)(H,58,59)(H,60,61)(H,62,63)(H,71,72)(H4,43,44,46)/t17-,19-,20-,21-,22-,23-,24-,25-/m0/s1. The topological polar surface area (TPSA) is 570 Å². The number of nitrogens with one attached hydrogen (secondary N) is 9. The maximum absolute atomic E-state index is 13.7. The number of hydrogen-bond donors (Lipinski definition) is 18. The van der Waals surface area contributed by atoms with Crippen LogP contribution in [0.15, 0.2) is 17.5 Å². The van der Waals surface area contributed by atoms with Crippen molar-refractivity contribution in [3.8, 4) is 0 Å². The number of rotatable bonds is 35. The van der Waals surface area contributed by atoms with Crippen molar-refractivity contribution in [2.45, 2.75) is 119 Å². The van der Waals surface area contributed by atoms with Gasteiger partial charge in [-0.25, -0.2) is 9.78 Å². The van der Waals surface area contributed by atoms with Crippen molar-refractivity contribution in [2.75, 3.05) is 19.6 Å². The normalized spacial score (nSPS) is 14.0. The monoisotopic (exact) mass is 1030 g/mol. The Balaban J connectivity index is 3.26. The molecule has 0 saturated carbocycles. The lowest BCUT2D eigenvalue weighted by molar-refractivity contribution is -0.142. The van der Waals surface area contributed by atoms with Gasteiger partial charge in [-0.15, -0.1) is 0 Å². The van der Waals surface area contributed by atoms with Crippen LogP contribution >= 0.6 is 0 Å². The number of aliphatic carboxylic acids is 4. The summed E-state index contributed by atoms with van der Waals surface area (Å²) in [5.41, 5.74) is 27.0. The van der Waals surface area contributed by atoms with Gasteiger partial charge in [0.1, 0.15) is 42.3 Å². The van der Waals surface area contributed by atoms with Gasteiger partial charge in [-0.3, -0.25) is 62.5 Å². The number of imidazole rings is 1. The van der Waals surface area contributed by atoms with Crippen molar-refractivity contribution in [1.82, 2.24) is 52.5 Å². The maximum atomic E-state index is 13.7. The largest absolute Gasteiger partial charge is 0.481 e. The van der Waals surface area contributed by atoms with Gasteiger partial charge in [-0.1, -0.05) is 0 Å². The highest BCUT2D eigenvalue weighted by Crippen LogP contribution is 2.07. The van der Waals surface area contributed by atoms with Crippen LogP contribution in [0, 0.1) is 0 Å². The van der Waals surface area contributed by atoms with E-state index >= 15 is 0 Å². The number of unbranched alkanes of at least 4 members (excludes halogenated alkanes) is 1. The summed E-state index contributed by atoms with van der Waals surface area (Å²) in [5.74, 6) is -16.9. The van der Waals surface area contributed by atoms with Gasteiger partial charge < -0.3 is 96.6 Å². The van der Waals surface area contributed by atoms with Crippen molar-refractivity contribution >= 4 is 83.0 Å². The van der Waals surface area contributed by atoms with E-state index in [1.54, 1.807) is 0 Å². The minimum absolute atomic E-state index is 0.0484. The van der Waals surface area contributed by atoms with Gasteiger partial charge in [0, 0.05) is 24.9 Å². The summed E-state index contributed by atoms with van der Waals surface area (Å²) in [6, 6.07) is -13.7. The van der Waals surface area contributed by atoms with Crippen molar-refractivity contribution < 1.29 is 82.8 Å². The molecule has 0 spiro atoms. The molecule has 0 aromatic carbocycles. The second-order valence-electron chi connectivity index (χ2n) is 15.8. The number of carbonyl (C=O) groups excluding carboxylic acids is 9. The number of primary amides is 1. The molecule has 0 saturated heterocycles. The fourth-order valence-corrected chi connectivity index (χ4v) is 6.12. The van der Waals surface area contributed by atoms with E-state index in [4.69, 9.17) is 33.8 Å². The van der Waals surface area contributed by atoms with E-state index < -0.39 is 164 Å². The third kappa shape index (κ3) is 24.7. The Kier molecular flexibility index (Phi) is 27.0. The Morgan fingerprint density at radius 3 is 1.61 bits per heavy atom. The summed E-state index contributed by atoms with van der Waals surface area (Å²) in [6.07, 6.45) is -1.43. The molecule has 1 aromatic heterocycles. The molecule has 33 heteroatoms. The molecular weight excluding hydrogens is 965 g/mol. The van der Waals surface area contributed by atoms with Gasteiger partial charge in [0.15, 0.2) is 5.96 Å². The minimum atomic E-state index is -2.02. The van der Waals surface area contributed by atoms with Crippen molar-refractivity contribution in [2.24, 2.45) is 33.7 Å². The van der Waals surface area contributed by atoms with E-state index in [9.17, 15) is 77.6 Å². The number of carboxylic acids is 4. The van der Waals surface area contributed by atoms with E-state index in [-0.39, 0.29) is 50.4 Å². The number of aromatic amines is 1. The minimum Gasteiger partial charge on any atom is -0.481 e. The summed E-state index contributed by atoms with van der Waals surface area (Å²) in [5, 5.41) is 55.0. The second kappa shape index (κ2) is 31.6. The highest BCUT2D eigenvalue weighted by molar-refractivity contribution is 6.00. The summed E-state index contributed by atoms with van der Waals surface area (Å²) in [7, 11) is 0. The average molecular weight is 1030 g/mol. The molecule has 0 aliphatic heterocycles. The first-order valence-electron chi connectivity index (χ1n) is 21.8. The number of guanidine groups is 1.